The van der Waals surface area contributed by atoms with Crippen molar-refractivity contribution in [3.63, 3.8) is 0 Å². The van der Waals surface area contributed by atoms with Crippen LogP contribution in [0.1, 0.15) is 19.3 Å². The largest absolute Gasteiger partial charge is 0.403 e. The molecular formula is C7H10BrF3O. The number of alkyl halides is 4. The summed E-state index contributed by atoms with van der Waals surface area (Å²) in [5.41, 5.74) is 0. The molecule has 5 heteroatoms. The Morgan fingerprint density at radius 3 is 2.33 bits per heavy atom. The first-order valence-corrected chi connectivity index (χ1v) is 4.74. The average molecular weight is 247 g/mol. The van der Waals surface area contributed by atoms with E-state index in [1.165, 1.54) is 0 Å². The topological polar surface area (TPSA) is 9.23 Å². The smallest absolute Gasteiger partial charge is 0.377 e. The van der Waals surface area contributed by atoms with Crippen LogP contribution in [0.2, 0.25) is 0 Å². The van der Waals surface area contributed by atoms with E-state index in [1.807, 2.05) is 0 Å². The fourth-order valence-electron chi connectivity index (χ4n) is 0.853. The van der Waals surface area contributed by atoms with Gasteiger partial charge >= 0.3 is 6.18 Å². The van der Waals surface area contributed by atoms with Crippen LogP contribution in [0.15, 0.2) is 0 Å². The maximum Gasteiger partial charge on any atom is 0.403 e. The summed E-state index contributed by atoms with van der Waals surface area (Å²) in [5.74, 6) is 0. The van der Waals surface area contributed by atoms with Gasteiger partial charge in [-0.3, -0.25) is 0 Å². The van der Waals surface area contributed by atoms with E-state index in [2.05, 4.69) is 15.9 Å². The zero-order chi connectivity index (χ0) is 9.19. The van der Waals surface area contributed by atoms with E-state index < -0.39 is 11.0 Å². The minimum atomic E-state index is -4.19. The van der Waals surface area contributed by atoms with Crippen molar-refractivity contribution in [1.82, 2.24) is 0 Å². The van der Waals surface area contributed by atoms with E-state index in [9.17, 15) is 13.2 Å². The lowest BCUT2D eigenvalue weighted by Crippen LogP contribution is -2.32. The van der Waals surface area contributed by atoms with E-state index in [1.54, 1.807) is 0 Å². The Morgan fingerprint density at radius 1 is 1.42 bits per heavy atom. The van der Waals surface area contributed by atoms with Gasteiger partial charge in [0.25, 0.3) is 0 Å². The van der Waals surface area contributed by atoms with Crippen molar-refractivity contribution >= 4 is 15.9 Å². The predicted octanol–water partition coefficient (Wildman–Crippen LogP) is 2.88. The normalized spacial score (nSPS) is 22.0. The molecule has 1 rings (SSSR count). The summed E-state index contributed by atoms with van der Waals surface area (Å²) in [5, 5.41) is 0. The summed E-state index contributed by atoms with van der Waals surface area (Å²) in [6, 6.07) is 0. The molecule has 1 unspecified atom stereocenters. The first-order chi connectivity index (χ1) is 5.50. The van der Waals surface area contributed by atoms with Crippen molar-refractivity contribution in [3.8, 4) is 0 Å². The molecule has 12 heavy (non-hydrogen) atoms. The summed E-state index contributed by atoms with van der Waals surface area (Å²) < 4.78 is 40.7. The third-order valence-corrected chi connectivity index (χ3v) is 2.67. The van der Waals surface area contributed by atoms with Crippen LogP contribution in [0.5, 0.6) is 0 Å². The van der Waals surface area contributed by atoms with Gasteiger partial charge in [0.2, 0.25) is 0 Å². The Hall–Kier alpha value is 0.230. The van der Waals surface area contributed by atoms with Crippen LogP contribution in [-0.2, 0) is 4.74 Å². The van der Waals surface area contributed by atoms with Gasteiger partial charge in [0.05, 0.1) is 12.7 Å². The van der Waals surface area contributed by atoms with E-state index in [4.69, 9.17) is 4.74 Å². The van der Waals surface area contributed by atoms with Crippen LogP contribution in [-0.4, -0.2) is 23.7 Å². The lowest BCUT2D eigenvalue weighted by molar-refractivity contribution is -0.144. The number of hydrogen-bond acceptors (Lipinski definition) is 1. The fraction of sp³-hybridized carbons (Fsp3) is 1.00. The van der Waals surface area contributed by atoms with E-state index in [-0.39, 0.29) is 12.7 Å². The Morgan fingerprint density at radius 2 is 2.00 bits per heavy atom. The number of ether oxygens (including phenoxy) is 1. The first kappa shape index (κ1) is 10.3. The van der Waals surface area contributed by atoms with E-state index in [0.29, 0.717) is 0 Å². The van der Waals surface area contributed by atoms with Gasteiger partial charge < -0.3 is 4.74 Å². The van der Waals surface area contributed by atoms with Gasteiger partial charge in [0, 0.05) is 0 Å². The van der Waals surface area contributed by atoms with E-state index >= 15 is 0 Å². The molecular weight excluding hydrogens is 237 g/mol. The summed E-state index contributed by atoms with van der Waals surface area (Å²) in [7, 11) is 0. The maximum absolute atomic E-state index is 11.9. The molecule has 72 valence electrons. The molecule has 0 N–H and O–H groups in total. The van der Waals surface area contributed by atoms with Gasteiger partial charge in [-0.2, -0.15) is 13.2 Å². The molecule has 0 spiro atoms. The fourth-order valence-corrected chi connectivity index (χ4v) is 1.01. The van der Waals surface area contributed by atoms with Crippen LogP contribution in [0, 0.1) is 0 Å². The summed E-state index contributed by atoms with van der Waals surface area (Å²) in [4.78, 5) is -1.52. The average Bonchev–Trinajstić information content (AvgIpc) is 1.81. The van der Waals surface area contributed by atoms with Crippen molar-refractivity contribution in [2.75, 3.05) is 6.61 Å². The molecule has 1 nitrogen and oxygen atoms in total. The first-order valence-electron chi connectivity index (χ1n) is 3.82. The van der Waals surface area contributed by atoms with Crippen LogP contribution in [0.25, 0.3) is 0 Å². The number of halogens is 4. The molecule has 0 aromatic carbocycles. The van der Waals surface area contributed by atoms with Crippen LogP contribution >= 0.6 is 15.9 Å². The van der Waals surface area contributed by atoms with Gasteiger partial charge in [0.1, 0.15) is 4.83 Å². The Bertz CT molecular complexity index is 144. The van der Waals surface area contributed by atoms with Crippen molar-refractivity contribution < 1.29 is 17.9 Å². The van der Waals surface area contributed by atoms with Gasteiger partial charge in [-0.15, -0.1) is 0 Å². The molecule has 0 aromatic rings. The molecule has 0 saturated heterocycles. The summed E-state index contributed by atoms with van der Waals surface area (Å²) >= 11 is 2.53. The molecule has 1 saturated carbocycles. The summed E-state index contributed by atoms with van der Waals surface area (Å²) in [6.45, 7) is -0.270. The van der Waals surface area contributed by atoms with Crippen molar-refractivity contribution in [2.24, 2.45) is 0 Å². The molecule has 0 aliphatic heterocycles. The molecule has 1 atom stereocenters. The van der Waals surface area contributed by atoms with Crippen molar-refractivity contribution in [3.05, 3.63) is 0 Å². The highest BCUT2D eigenvalue weighted by atomic mass is 79.9. The van der Waals surface area contributed by atoms with Crippen molar-refractivity contribution in [1.29, 1.82) is 0 Å². The molecule has 1 aliphatic carbocycles. The van der Waals surface area contributed by atoms with Crippen LogP contribution < -0.4 is 0 Å². The molecule has 0 amide bonds. The van der Waals surface area contributed by atoms with Gasteiger partial charge in [-0.1, -0.05) is 15.9 Å². The SMILES string of the molecule is FC(F)(F)C(Br)COC1CCC1. The minimum absolute atomic E-state index is 0.0624. The Labute approximate surface area is 77.4 Å². The molecule has 0 aromatic heterocycles. The van der Waals surface area contributed by atoms with Crippen LogP contribution in [0.4, 0.5) is 13.2 Å². The van der Waals surface area contributed by atoms with Crippen LogP contribution in [0.3, 0.4) is 0 Å². The van der Waals surface area contributed by atoms with Gasteiger partial charge in [-0.25, -0.2) is 0 Å². The lowest BCUT2D eigenvalue weighted by Gasteiger charge is -2.27. The zero-order valence-electron chi connectivity index (χ0n) is 6.40. The Balaban J connectivity index is 2.13. The highest BCUT2D eigenvalue weighted by Gasteiger charge is 2.38. The number of hydrogen-bond donors (Lipinski definition) is 0. The Kier molecular flexibility index (Phi) is 3.40. The quantitative estimate of drug-likeness (QED) is 0.697. The highest BCUT2D eigenvalue weighted by molar-refractivity contribution is 9.09. The summed E-state index contributed by atoms with van der Waals surface area (Å²) in [6.07, 6.45) is -1.25. The highest BCUT2D eigenvalue weighted by Crippen LogP contribution is 2.29. The standard InChI is InChI=1S/C7H10BrF3O/c8-6(7(9,10)11)4-12-5-2-1-3-5/h5-6H,1-4H2. The molecule has 0 radical (unpaired) electrons. The maximum atomic E-state index is 11.9. The number of rotatable bonds is 3. The lowest BCUT2D eigenvalue weighted by atomic mass is 9.96. The molecule has 0 bridgehead atoms. The third kappa shape index (κ3) is 2.94. The minimum Gasteiger partial charge on any atom is -0.377 e. The van der Waals surface area contributed by atoms with Crippen molar-refractivity contribution in [2.45, 2.75) is 36.4 Å². The predicted molar refractivity (Wildman–Crippen MR) is 42.4 cm³/mol. The second-order valence-electron chi connectivity index (χ2n) is 2.90. The zero-order valence-corrected chi connectivity index (χ0v) is 7.99. The molecule has 1 aliphatic rings. The molecule has 1 fully saturated rings. The monoisotopic (exact) mass is 246 g/mol. The van der Waals surface area contributed by atoms with E-state index in [0.717, 1.165) is 19.3 Å². The van der Waals surface area contributed by atoms with Gasteiger partial charge in [-0.05, 0) is 19.3 Å². The third-order valence-electron chi connectivity index (χ3n) is 1.89. The second-order valence-corrected chi connectivity index (χ2v) is 4.00. The molecule has 0 heterocycles. The van der Waals surface area contributed by atoms with Gasteiger partial charge in [0.15, 0.2) is 0 Å². The second kappa shape index (κ2) is 3.96.